The van der Waals surface area contributed by atoms with E-state index in [2.05, 4.69) is 14.6 Å². The van der Waals surface area contributed by atoms with Gasteiger partial charge in [-0.05, 0) is 68.1 Å². The van der Waals surface area contributed by atoms with E-state index in [1.54, 1.807) is 30.3 Å². The van der Waals surface area contributed by atoms with Crippen molar-refractivity contribution in [1.82, 2.24) is 8.96 Å². The number of ether oxygens (including phenoxy) is 1. The van der Waals surface area contributed by atoms with Gasteiger partial charge >= 0.3 is 5.97 Å². The Bertz CT molecular complexity index is 1200. The van der Waals surface area contributed by atoms with Crippen molar-refractivity contribution in [2.45, 2.75) is 37.0 Å². The molecule has 0 amide bonds. The van der Waals surface area contributed by atoms with E-state index in [-0.39, 0.29) is 22.4 Å². The van der Waals surface area contributed by atoms with Crippen molar-refractivity contribution < 1.29 is 17.9 Å². The van der Waals surface area contributed by atoms with Gasteiger partial charge in [0.1, 0.15) is 5.15 Å². The van der Waals surface area contributed by atoms with Crippen LogP contribution in [0.5, 0.6) is 0 Å². The minimum Gasteiger partial charge on any atom is -0.469 e. The molecule has 2 aromatic heterocycles. The van der Waals surface area contributed by atoms with E-state index >= 15 is 0 Å². The van der Waals surface area contributed by atoms with E-state index in [0.29, 0.717) is 29.6 Å². The van der Waals surface area contributed by atoms with Gasteiger partial charge in [0.25, 0.3) is 10.0 Å². The van der Waals surface area contributed by atoms with Crippen molar-refractivity contribution in [3.05, 3.63) is 53.3 Å². The van der Waals surface area contributed by atoms with Gasteiger partial charge in [-0.1, -0.05) is 11.6 Å². The second-order valence-corrected chi connectivity index (χ2v) is 9.74. The van der Waals surface area contributed by atoms with Gasteiger partial charge in [-0.15, -0.1) is 0 Å². The Morgan fingerprint density at radius 1 is 1.13 bits per heavy atom. The molecule has 1 aliphatic rings. The average Bonchev–Trinajstić information content (AvgIpc) is 3.41. The lowest BCUT2D eigenvalue weighted by molar-refractivity contribution is -0.140. The predicted molar refractivity (Wildman–Crippen MR) is 120 cm³/mol. The zero-order valence-corrected chi connectivity index (χ0v) is 18.8. The van der Waals surface area contributed by atoms with Gasteiger partial charge in [0.05, 0.1) is 23.0 Å². The van der Waals surface area contributed by atoms with Crippen LogP contribution >= 0.6 is 11.6 Å². The van der Waals surface area contributed by atoms with Crippen LogP contribution < -0.4 is 4.90 Å². The van der Waals surface area contributed by atoms with Crippen LogP contribution in [0.3, 0.4) is 0 Å². The number of carbonyl (C=O) groups is 1. The lowest BCUT2D eigenvalue weighted by atomic mass is 10.2. The summed E-state index contributed by atoms with van der Waals surface area (Å²) in [5.41, 5.74) is 2.54. The Hall–Kier alpha value is -2.58. The highest BCUT2D eigenvalue weighted by Gasteiger charge is 2.24. The maximum absolute atomic E-state index is 13.6. The van der Waals surface area contributed by atoms with Crippen LogP contribution in [-0.4, -0.2) is 43.5 Å². The summed E-state index contributed by atoms with van der Waals surface area (Å²) in [4.78, 5) is 18.2. The van der Waals surface area contributed by atoms with E-state index in [1.165, 1.54) is 11.1 Å². The molecule has 4 rings (SSSR count). The zero-order chi connectivity index (χ0) is 22.0. The molecule has 0 spiro atoms. The Morgan fingerprint density at radius 3 is 2.52 bits per heavy atom. The lowest BCUT2D eigenvalue weighted by Crippen LogP contribution is -2.18. The van der Waals surface area contributed by atoms with Crippen LogP contribution in [0.1, 0.15) is 31.4 Å². The van der Waals surface area contributed by atoms with Gasteiger partial charge in [0, 0.05) is 30.9 Å². The Kier molecular flexibility index (Phi) is 6.20. The first-order valence-corrected chi connectivity index (χ1v) is 12.1. The molecule has 0 bridgehead atoms. The fraction of sp³-hybridized carbons (Fsp3) is 0.364. The van der Waals surface area contributed by atoms with Crippen molar-refractivity contribution in [1.29, 1.82) is 0 Å². The molecule has 31 heavy (non-hydrogen) atoms. The van der Waals surface area contributed by atoms with E-state index in [9.17, 15) is 13.2 Å². The number of methoxy groups -OCH3 is 1. The summed E-state index contributed by atoms with van der Waals surface area (Å²) in [5, 5.41) is 0.290. The topological polar surface area (TPSA) is 81.5 Å². The minimum absolute atomic E-state index is 0.205. The predicted octanol–water partition coefficient (Wildman–Crippen LogP) is 4.02. The maximum atomic E-state index is 13.6. The Morgan fingerprint density at radius 2 is 1.84 bits per heavy atom. The fourth-order valence-electron chi connectivity index (χ4n) is 3.97. The number of halogens is 1. The number of rotatable bonds is 7. The molecule has 0 aliphatic carbocycles. The lowest BCUT2D eigenvalue weighted by Gasteiger charge is -2.18. The van der Waals surface area contributed by atoms with Crippen LogP contribution in [0.4, 0.5) is 5.69 Å². The molecule has 0 atom stereocenters. The molecule has 0 saturated carbocycles. The molecule has 7 nitrogen and oxygen atoms in total. The highest BCUT2D eigenvalue weighted by molar-refractivity contribution is 7.90. The van der Waals surface area contributed by atoms with Crippen LogP contribution in [-0.2, 0) is 26.0 Å². The number of esters is 1. The minimum atomic E-state index is -3.86. The summed E-state index contributed by atoms with van der Waals surface area (Å²) in [6.07, 6.45) is 3.35. The summed E-state index contributed by atoms with van der Waals surface area (Å²) in [6, 6.07) is 12.0. The molecular weight excluding hydrogens is 438 g/mol. The van der Waals surface area contributed by atoms with Gasteiger partial charge in [-0.25, -0.2) is 17.4 Å². The number of hydrogen-bond donors (Lipinski definition) is 0. The monoisotopic (exact) mass is 461 g/mol. The van der Waals surface area contributed by atoms with E-state index in [0.717, 1.165) is 31.6 Å². The number of anilines is 1. The third kappa shape index (κ3) is 4.41. The first kappa shape index (κ1) is 21.6. The number of nitrogens with zero attached hydrogens (tertiary/aromatic N) is 3. The molecular formula is C22H24ClN3O4S. The highest BCUT2D eigenvalue weighted by atomic mass is 35.5. The van der Waals surface area contributed by atoms with Crippen molar-refractivity contribution in [3.63, 3.8) is 0 Å². The first-order chi connectivity index (χ1) is 14.9. The molecule has 0 N–H and O–H groups in total. The van der Waals surface area contributed by atoms with Gasteiger partial charge in [-0.2, -0.15) is 0 Å². The normalized spacial score (nSPS) is 14.3. The molecule has 0 radical (unpaired) electrons. The Balaban J connectivity index is 1.71. The SMILES string of the molecule is COC(=O)CCCc1cc2nc(Cl)ccc2n1S(=O)(=O)c1ccc(N2CCCC2)cc1. The average molecular weight is 462 g/mol. The maximum Gasteiger partial charge on any atom is 0.305 e. The van der Waals surface area contributed by atoms with Crippen LogP contribution in [0, 0.1) is 0 Å². The smallest absolute Gasteiger partial charge is 0.305 e. The fourth-order valence-corrected chi connectivity index (χ4v) is 5.69. The quantitative estimate of drug-likeness (QED) is 0.390. The molecule has 1 fully saturated rings. The number of aryl methyl sites for hydroxylation is 1. The van der Waals surface area contributed by atoms with Crippen LogP contribution in [0.25, 0.3) is 11.0 Å². The van der Waals surface area contributed by atoms with Crippen molar-refractivity contribution in [3.8, 4) is 0 Å². The summed E-state index contributed by atoms with van der Waals surface area (Å²) in [5.74, 6) is -0.329. The number of benzene rings is 1. The number of carbonyl (C=O) groups excluding carboxylic acids is 1. The highest BCUT2D eigenvalue weighted by Crippen LogP contribution is 2.29. The van der Waals surface area contributed by atoms with Gasteiger partial charge < -0.3 is 9.64 Å². The van der Waals surface area contributed by atoms with Gasteiger partial charge in [-0.3, -0.25) is 4.79 Å². The second kappa shape index (κ2) is 8.88. The molecule has 1 aliphatic heterocycles. The molecule has 0 unspecified atom stereocenters. The summed E-state index contributed by atoms with van der Waals surface area (Å²) < 4.78 is 33.2. The Labute approximate surface area is 186 Å². The molecule has 164 valence electrons. The summed E-state index contributed by atoms with van der Waals surface area (Å²) in [7, 11) is -2.53. The zero-order valence-electron chi connectivity index (χ0n) is 17.3. The molecule has 3 aromatic rings. The summed E-state index contributed by atoms with van der Waals surface area (Å²) >= 11 is 6.02. The molecule has 3 heterocycles. The first-order valence-electron chi connectivity index (χ1n) is 10.2. The van der Waals surface area contributed by atoms with Gasteiger partial charge in [0.2, 0.25) is 0 Å². The molecule has 9 heteroatoms. The number of pyridine rings is 1. The van der Waals surface area contributed by atoms with E-state index < -0.39 is 10.0 Å². The van der Waals surface area contributed by atoms with Crippen molar-refractivity contribution >= 4 is 44.3 Å². The number of hydrogen-bond acceptors (Lipinski definition) is 6. The third-order valence-corrected chi connectivity index (χ3v) is 7.53. The molecule has 1 saturated heterocycles. The van der Waals surface area contributed by atoms with Crippen LogP contribution in [0.2, 0.25) is 5.15 Å². The number of aromatic nitrogens is 2. The third-order valence-electron chi connectivity index (χ3n) is 5.54. The summed E-state index contributed by atoms with van der Waals surface area (Å²) in [6.45, 7) is 1.98. The van der Waals surface area contributed by atoms with Gasteiger partial charge in [0.15, 0.2) is 0 Å². The van der Waals surface area contributed by atoms with E-state index in [4.69, 9.17) is 11.6 Å². The van der Waals surface area contributed by atoms with Crippen molar-refractivity contribution in [2.75, 3.05) is 25.1 Å². The van der Waals surface area contributed by atoms with E-state index in [1.807, 2.05) is 12.1 Å². The standard InChI is InChI=1S/C22H24ClN3O4S/c1-30-22(27)6-4-5-17-15-19-20(11-12-21(23)24-19)26(17)31(28,29)18-9-7-16(8-10-18)25-13-2-3-14-25/h7-12,15H,2-6,13-14H2,1H3. The molecule has 1 aromatic carbocycles. The largest absolute Gasteiger partial charge is 0.469 e. The van der Waals surface area contributed by atoms with Crippen LogP contribution in [0.15, 0.2) is 47.4 Å². The second-order valence-electron chi connectivity index (χ2n) is 7.56. The number of fused-ring (bicyclic) bond motifs is 1. The van der Waals surface area contributed by atoms with Crippen molar-refractivity contribution in [2.24, 2.45) is 0 Å².